The number of carbonyl (C=O) groups excluding carboxylic acids is 1. The summed E-state index contributed by atoms with van der Waals surface area (Å²) < 4.78 is 11.0. The highest BCUT2D eigenvalue weighted by molar-refractivity contribution is 5.78. The molecule has 3 rings (SSSR count). The number of ether oxygens (including phenoxy) is 2. The summed E-state index contributed by atoms with van der Waals surface area (Å²) >= 11 is 0. The van der Waals surface area contributed by atoms with Crippen molar-refractivity contribution in [3.05, 3.63) is 29.8 Å². The minimum atomic E-state index is 0.139. The Hall–Kier alpha value is -1.59. The van der Waals surface area contributed by atoms with E-state index in [1.165, 1.54) is 5.56 Å². The molecule has 1 N–H and O–H groups in total. The fourth-order valence-corrected chi connectivity index (χ4v) is 3.59. The van der Waals surface area contributed by atoms with Gasteiger partial charge in [-0.25, -0.2) is 0 Å². The van der Waals surface area contributed by atoms with Gasteiger partial charge < -0.3 is 14.8 Å². The third kappa shape index (κ3) is 4.48. The topological polar surface area (TPSA) is 50.8 Å². The maximum Gasteiger partial charge on any atom is 0.223 e. The van der Waals surface area contributed by atoms with Gasteiger partial charge in [0.05, 0.1) is 13.2 Å². The summed E-state index contributed by atoms with van der Waals surface area (Å²) in [5, 5.41) is 3.07. The first-order chi connectivity index (χ1) is 11.8. The first-order valence-electron chi connectivity index (χ1n) is 9.00. The van der Waals surface area contributed by atoms with Crippen molar-refractivity contribution in [2.75, 3.05) is 33.4 Å². The predicted octanol–water partition coefficient (Wildman–Crippen LogP) is 2.20. The number of likely N-dealkylation sites (tertiary alicyclic amines) is 1. The summed E-state index contributed by atoms with van der Waals surface area (Å²) in [6.07, 6.45) is 4.25. The minimum Gasteiger partial charge on any atom is -0.496 e. The average Bonchev–Trinajstić information content (AvgIpc) is 3.14. The third-order valence-electron chi connectivity index (χ3n) is 5.07. The number of nitrogens with one attached hydrogen (secondary N) is 1. The largest absolute Gasteiger partial charge is 0.496 e. The van der Waals surface area contributed by atoms with Crippen LogP contribution in [0.2, 0.25) is 0 Å². The second kappa shape index (κ2) is 8.49. The Morgan fingerprint density at radius 2 is 2.08 bits per heavy atom. The Kier molecular flexibility index (Phi) is 6.10. The number of hydrogen-bond donors (Lipinski definition) is 1. The lowest BCUT2D eigenvalue weighted by atomic mass is 9.95. The number of amides is 1. The van der Waals surface area contributed by atoms with Gasteiger partial charge in [0.1, 0.15) is 5.75 Å². The molecule has 1 amide bonds. The number of methoxy groups -OCH3 is 1. The zero-order valence-corrected chi connectivity index (χ0v) is 14.5. The van der Waals surface area contributed by atoms with E-state index in [4.69, 9.17) is 9.47 Å². The van der Waals surface area contributed by atoms with Crippen molar-refractivity contribution in [3.63, 3.8) is 0 Å². The van der Waals surface area contributed by atoms with Gasteiger partial charge >= 0.3 is 0 Å². The van der Waals surface area contributed by atoms with Crippen molar-refractivity contribution in [1.29, 1.82) is 0 Å². The summed E-state index contributed by atoms with van der Waals surface area (Å²) in [6.45, 7) is 4.29. The highest BCUT2D eigenvalue weighted by atomic mass is 16.5. The van der Waals surface area contributed by atoms with Crippen LogP contribution in [0, 0.1) is 5.92 Å². The molecule has 132 valence electrons. The van der Waals surface area contributed by atoms with Gasteiger partial charge in [-0.1, -0.05) is 18.2 Å². The molecule has 2 aliphatic heterocycles. The minimum absolute atomic E-state index is 0.139. The third-order valence-corrected chi connectivity index (χ3v) is 5.07. The quantitative estimate of drug-likeness (QED) is 0.868. The van der Waals surface area contributed by atoms with E-state index in [1.807, 2.05) is 18.2 Å². The van der Waals surface area contributed by atoms with E-state index in [1.54, 1.807) is 7.11 Å². The van der Waals surface area contributed by atoms with E-state index in [0.29, 0.717) is 6.54 Å². The fraction of sp³-hybridized carbons (Fsp3) is 0.632. The van der Waals surface area contributed by atoms with Crippen molar-refractivity contribution >= 4 is 5.91 Å². The van der Waals surface area contributed by atoms with Crippen LogP contribution in [-0.2, 0) is 16.1 Å². The molecule has 2 aliphatic rings. The zero-order valence-electron chi connectivity index (χ0n) is 14.5. The second-order valence-electron chi connectivity index (χ2n) is 6.74. The molecule has 0 aliphatic carbocycles. The highest BCUT2D eigenvalue weighted by Gasteiger charge is 2.26. The van der Waals surface area contributed by atoms with Crippen LogP contribution >= 0.6 is 0 Å². The predicted molar refractivity (Wildman–Crippen MR) is 93.0 cm³/mol. The Morgan fingerprint density at radius 1 is 1.29 bits per heavy atom. The lowest BCUT2D eigenvalue weighted by molar-refractivity contribution is -0.127. The number of rotatable bonds is 6. The molecule has 0 aromatic heterocycles. The van der Waals surface area contributed by atoms with Gasteiger partial charge in [-0.3, -0.25) is 9.69 Å². The standard InChI is InChI=1S/C19H28N2O3/c1-23-18-7-3-2-5-16(18)14-21-10-8-15(9-11-21)19(22)20-13-17-6-4-12-24-17/h2-3,5,7,15,17H,4,6,8-14H2,1H3,(H,20,22)/t17-/m1/s1. The number of piperidine rings is 1. The molecule has 24 heavy (non-hydrogen) atoms. The molecular formula is C19H28N2O3. The van der Waals surface area contributed by atoms with Gasteiger partial charge in [-0.15, -0.1) is 0 Å². The molecule has 1 atom stereocenters. The first kappa shape index (κ1) is 17.2. The first-order valence-corrected chi connectivity index (χ1v) is 9.00. The number of carbonyl (C=O) groups is 1. The van der Waals surface area contributed by atoms with Crippen LogP contribution in [0.15, 0.2) is 24.3 Å². The monoisotopic (exact) mass is 332 g/mol. The SMILES string of the molecule is COc1ccccc1CN1CCC(C(=O)NC[C@H]2CCCO2)CC1. The maximum atomic E-state index is 12.3. The summed E-state index contributed by atoms with van der Waals surface area (Å²) in [5.41, 5.74) is 1.21. The molecule has 1 aromatic carbocycles. The number of nitrogens with zero attached hydrogens (tertiary/aromatic N) is 1. The smallest absolute Gasteiger partial charge is 0.223 e. The second-order valence-corrected chi connectivity index (χ2v) is 6.74. The lowest BCUT2D eigenvalue weighted by Gasteiger charge is -2.31. The van der Waals surface area contributed by atoms with Crippen LogP contribution in [0.5, 0.6) is 5.75 Å². The average molecular weight is 332 g/mol. The summed E-state index contributed by atoms with van der Waals surface area (Å²) in [6, 6.07) is 8.15. The lowest BCUT2D eigenvalue weighted by Crippen LogP contribution is -2.42. The summed E-state index contributed by atoms with van der Waals surface area (Å²) in [4.78, 5) is 14.7. The molecule has 0 radical (unpaired) electrons. The highest BCUT2D eigenvalue weighted by Crippen LogP contribution is 2.23. The van der Waals surface area contributed by atoms with E-state index >= 15 is 0 Å². The van der Waals surface area contributed by atoms with Crippen molar-refractivity contribution in [1.82, 2.24) is 10.2 Å². The van der Waals surface area contributed by atoms with E-state index in [9.17, 15) is 4.79 Å². The molecule has 2 heterocycles. The molecule has 5 heteroatoms. The maximum absolute atomic E-state index is 12.3. The van der Waals surface area contributed by atoms with Crippen LogP contribution in [0.1, 0.15) is 31.2 Å². The van der Waals surface area contributed by atoms with E-state index in [2.05, 4.69) is 16.3 Å². The molecule has 0 spiro atoms. The van der Waals surface area contributed by atoms with Gasteiger partial charge in [0.25, 0.3) is 0 Å². The molecule has 2 fully saturated rings. The van der Waals surface area contributed by atoms with Gasteiger partial charge in [-0.2, -0.15) is 0 Å². The Labute approximate surface area is 144 Å². The normalized spacial score (nSPS) is 22.5. The number of hydrogen-bond acceptors (Lipinski definition) is 4. The van der Waals surface area contributed by atoms with E-state index < -0.39 is 0 Å². The number of para-hydroxylation sites is 1. The Balaban J connectivity index is 1.42. The Bertz CT molecular complexity index is 535. The van der Waals surface area contributed by atoms with Gasteiger partial charge in [-0.05, 0) is 44.8 Å². The van der Waals surface area contributed by atoms with Gasteiger partial charge in [0.15, 0.2) is 0 Å². The summed E-state index contributed by atoms with van der Waals surface area (Å²) in [7, 11) is 1.71. The van der Waals surface area contributed by atoms with Crippen LogP contribution in [0.3, 0.4) is 0 Å². The van der Waals surface area contributed by atoms with E-state index in [0.717, 1.165) is 57.7 Å². The van der Waals surface area contributed by atoms with Crippen LogP contribution in [0.4, 0.5) is 0 Å². The van der Waals surface area contributed by atoms with Crippen molar-refractivity contribution in [3.8, 4) is 5.75 Å². The molecular weight excluding hydrogens is 304 g/mol. The molecule has 0 bridgehead atoms. The van der Waals surface area contributed by atoms with Crippen molar-refractivity contribution in [2.45, 2.75) is 38.3 Å². The van der Waals surface area contributed by atoms with Gasteiger partial charge in [0, 0.05) is 31.2 Å². The molecule has 0 saturated carbocycles. The summed E-state index contributed by atoms with van der Waals surface area (Å²) in [5.74, 6) is 1.27. The van der Waals surface area contributed by atoms with E-state index in [-0.39, 0.29) is 17.9 Å². The molecule has 0 unspecified atom stereocenters. The fourth-order valence-electron chi connectivity index (χ4n) is 3.59. The van der Waals surface area contributed by atoms with Gasteiger partial charge in [0.2, 0.25) is 5.91 Å². The molecule has 5 nitrogen and oxygen atoms in total. The van der Waals surface area contributed by atoms with Crippen molar-refractivity contribution < 1.29 is 14.3 Å². The van der Waals surface area contributed by atoms with Crippen LogP contribution in [-0.4, -0.2) is 50.3 Å². The van der Waals surface area contributed by atoms with Crippen LogP contribution < -0.4 is 10.1 Å². The van der Waals surface area contributed by atoms with Crippen molar-refractivity contribution in [2.24, 2.45) is 5.92 Å². The zero-order chi connectivity index (χ0) is 16.8. The van der Waals surface area contributed by atoms with Crippen LogP contribution in [0.25, 0.3) is 0 Å². The molecule has 1 aromatic rings. The number of benzene rings is 1. The molecule has 2 saturated heterocycles. The Morgan fingerprint density at radius 3 is 2.79 bits per heavy atom.